The van der Waals surface area contributed by atoms with E-state index in [1.54, 1.807) is 4.90 Å². The number of aromatic nitrogens is 3. The second kappa shape index (κ2) is 7.41. The van der Waals surface area contributed by atoms with E-state index >= 15 is 0 Å². The number of anilines is 1. The van der Waals surface area contributed by atoms with Crippen molar-refractivity contribution >= 4 is 30.8 Å². The number of hydrogen-bond donors (Lipinski definition) is 0. The van der Waals surface area contributed by atoms with Crippen LogP contribution >= 0.6 is 0 Å². The molecule has 3 aromatic rings. The molecule has 0 saturated carbocycles. The molecule has 1 aromatic carbocycles. The lowest BCUT2D eigenvalue weighted by Gasteiger charge is -2.38. The van der Waals surface area contributed by atoms with Gasteiger partial charge in [-0.1, -0.05) is 31.2 Å². The first-order chi connectivity index (χ1) is 14.6. The van der Waals surface area contributed by atoms with Crippen molar-refractivity contribution < 1.29 is 9.18 Å². The Hall–Kier alpha value is -2.90. The van der Waals surface area contributed by atoms with E-state index in [9.17, 15) is 9.18 Å². The average molecular weight is 405 g/mol. The highest BCUT2D eigenvalue weighted by molar-refractivity contribution is 6.31. The zero-order chi connectivity index (χ0) is 20.8. The van der Waals surface area contributed by atoms with Gasteiger partial charge in [0.1, 0.15) is 17.7 Å². The maximum atomic E-state index is 15.0. The van der Waals surface area contributed by atoms with Crippen LogP contribution in [0.1, 0.15) is 60.0 Å². The van der Waals surface area contributed by atoms with Gasteiger partial charge in [0.05, 0.1) is 12.6 Å². The van der Waals surface area contributed by atoms with Crippen molar-refractivity contribution in [1.29, 1.82) is 0 Å². The first-order valence-electron chi connectivity index (χ1n) is 10.7. The van der Waals surface area contributed by atoms with Crippen molar-refractivity contribution in [1.82, 2.24) is 19.5 Å². The highest BCUT2D eigenvalue weighted by atomic mass is 19.1. The molecule has 0 aliphatic carbocycles. The number of nitrogens with zero attached hydrogens (tertiary/aromatic N) is 5. The van der Waals surface area contributed by atoms with Crippen LogP contribution in [-0.2, 0) is 0 Å². The number of benzene rings is 1. The van der Waals surface area contributed by atoms with Gasteiger partial charge in [-0.25, -0.2) is 9.37 Å². The second-order valence-electron chi connectivity index (χ2n) is 8.23. The molecule has 0 bridgehead atoms. The maximum Gasteiger partial charge on any atom is 0.273 e. The summed E-state index contributed by atoms with van der Waals surface area (Å²) >= 11 is 0. The molecule has 2 aromatic heterocycles. The van der Waals surface area contributed by atoms with Crippen molar-refractivity contribution in [2.24, 2.45) is 0 Å². The van der Waals surface area contributed by atoms with Crippen molar-refractivity contribution in [2.45, 2.75) is 38.4 Å². The number of alkyl halides is 1. The van der Waals surface area contributed by atoms with E-state index in [2.05, 4.69) is 15.0 Å². The highest BCUT2D eigenvalue weighted by Gasteiger charge is 2.36. The molecule has 1 fully saturated rings. The smallest absolute Gasteiger partial charge is 0.273 e. The molecule has 1 unspecified atom stereocenters. The Bertz CT molecular complexity index is 1110. The number of rotatable bonds is 3. The standard InChI is InChI=1S/C22H25BFN5O/c1-2-18-15-8-4-3-7-14(15)16(24)13-28(18)22(30)17-11-21(27-9-5-6-10-27)29-20(25-17)12-19(23)26-29/h3-4,7-8,11-12,16,18H,2,5-6,9-10,13,23H2,1H3/t16?,18-/m1/s1. The Labute approximate surface area is 176 Å². The van der Waals surface area contributed by atoms with Crippen LogP contribution in [0.2, 0.25) is 0 Å². The number of halogens is 1. The Morgan fingerprint density at radius 2 is 1.93 bits per heavy atom. The second-order valence-corrected chi connectivity index (χ2v) is 8.23. The van der Waals surface area contributed by atoms with Gasteiger partial charge >= 0.3 is 0 Å². The predicted octanol–water partition coefficient (Wildman–Crippen LogP) is 2.21. The zero-order valence-corrected chi connectivity index (χ0v) is 17.4. The van der Waals surface area contributed by atoms with Gasteiger partial charge in [0.2, 0.25) is 0 Å². The molecular weight excluding hydrogens is 380 g/mol. The number of carbonyl (C=O) groups excluding carboxylic acids is 1. The number of fused-ring (bicyclic) bond motifs is 2. The molecule has 154 valence electrons. The molecule has 0 radical (unpaired) electrons. The molecule has 1 saturated heterocycles. The van der Waals surface area contributed by atoms with Crippen molar-refractivity contribution in [2.75, 3.05) is 24.5 Å². The largest absolute Gasteiger partial charge is 0.356 e. The van der Waals surface area contributed by atoms with Gasteiger partial charge in [0.25, 0.3) is 5.91 Å². The van der Waals surface area contributed by atoms with Gasteiger partial charge in [-0.3, -0.25) is 4.79 Å². The normalized spacial score (nSPS) is 21.3. The summed E-state index contributed by atoms with van der Waals surface area (Å²) in [7, 11) is 1.92. The first-order valence-corrected chi connectivity index (χ1v) is 10.7. The third-order valence-electron chi connectivity index (χ3n) is 6.25. The molecule has 2 aliphatic rings. The van der Waals surface area contributed by atoms with Crippen LogP contribution in [0.5, 0.6) is 0 Å². The lowest BCUT2D eigenvalue weighted by Crippen LogP contribution is -2.41. The van der Waals surface area contributed by atoms with Crippen LogP contribution in [0.25, 0.3) is 5.65 Å². The first kappa shape index (κ1) is 19.1. The minimum Gasteiger partial charge on any atom is -0.356 e. The lowest BCUT2D eigenvalue weighted by molar-refractivity contribution is 0.0556. The number of amides is 1. The third-order valence-corrected chi connectivity index (χ3v) is 6.25. The SMILES string of the molecule is Bc1cc2nc(C(=O)N3CC(F)c4ccccc4[C@H]3CC)cc(N3CCCC3)n2n1. The molecule has 30 heavy (non-hydrogen) atoms. The molecular formula is C22H25BFN5O. The Kier molecular flexibility index (Phi) is 4.72. The van der Waals surface area contributed by atoms with Crippen LogP contribution in [0, 0.1) is 0 Å². The van der Waals surface area contributed by atoms with Gasteiger partial charge in [-0.15, -0.1) is 0 Å². The van der Waals surface area contributed by atoms with Gasteiger partial charge in [0, 0.05) is 24.7 Å². The molecule has 2 atom stereocenters. The summed E-state index contributed by atoms with van der Waals surface area (Å²) in [5.74, 6) is 0.664. The van der Waals surface area contributed by atoms with Gasteiger partial charge in [0.15, 0.2) is 13.5 Å². The lowest BCUT2D eigenvalue weighted by atomic mass is 9.90. The molecule has 5 rings (SSSR count). The molecule has 6 nitrogen and oxygen atoms in total. The summed E-state index contributed by atoms with van der Waals surface area (Å²) in [6, 6.07) is 11.1. The number of carbonyl (C=O) groups is 1. The van der Waals surface area contributed by atoms with Gasteiger partial charge in [-0.05, 0) is 36.5 Å². The van der Waals surface area contributed by atoms with E-state index in [1.807, 2.05) is 55.7 Å². The molecule has 0 spiro atoms. The summed E-state index contributed by atoms with van der Waals surface area (Å²) < 4.78 is 16.8. The van der Waals surface area contributed by atoms with Crippen LogP contribution in [-0.4, -0.2) is 52.9 Å². The predicted molar refractivity (Wildman–Crippen MR) is 117 cm³/mol. The fraction of sp³-hybridized carbons (Fsp3) is 0.409. The van der Waals surface area contributed by atoms with Crippen molar-refractivity contribution in [3.63, 3.8) is 0 Å². The molecule has 1 amide bonds. The summed E-state index contributed by atoms with van der Waals surface area (Å²) in [5.41, 5.74) is 3.46. The minimum absolute atomic E-state index is 0.0541. The number of hydrogen-bond acceptors (Lipinski definition) is 4. The van der Waals surface area contributed by atoms with Crippen molar-refractivity contribution in [3.8, 4) is 0 Å². The van der Waals surface area contributed by atoms with Crippen molar-refractivity contribution in [3.05, 3.63) is 53.2 Å². The van der Waals surface area contributed by atoms with E-state index in [-0.39, 0.29) is 18.5 Å². The van der Waals surface area contributed by atoms with Crippen LogP contribution in [0.15, 0.2) is 36.4 Å². The van der Waals surface area contributed by atoms with E-state index in [0.717, 1.165) is 49.3 Å². The zero-order valence-electron chi connectivity index (χ0n) is 17.4. The Morgan fingerprint density at radius 3 is 2.67 bits per heavy atom. The highest BCUT2D eigenvalue weighted by Crippen LogP contribution is 2.39. The van der Waals surface area contributed by atoms with Crippen LogP contribution in [0.4, 0.5) is 10.2 Å². The Morgan fingerprint density at radius 1 is 1.20 bits per heavy atom. The summed E-state index contributed by atoms with van der Waals surface area (Å²) in [6.07, 6.45) is 1.78. The fourth-order valence-corrected chi connectivity index (χ4v) is 4.83. The quantitative estimate of drug-likeness (QED) is 0.627. The summed E-state index contributed by atoms with van der Waals surface area (Å²) in [4.78, 5) is 22.1. The maximum absolute atomic E-state index is 15.0. The van der Waals surface area contributed by atoms with Crippen LogP contribution in [0.3, 0.4) is 0 Å². The monoisotopic (exact) mass is 405 g/mol. The third kappa shape index (κ3) is 3.05. The van der Waals surface area contributed by atoms with Crippen LogP contribution < -0.4 is 10.5 Å². The van der Waals surface area contributed by atoms with E-state index in [0.29, 0.717) is 16.9 Å². The van der Waals surface area contributed by atoms with E-state index < -0.39 is 6.17 Å². The molecule has 4 heterocycles. The average Bonchev–Trinajstić information content (AvgIpc) is 3.41. The van der Waals surface area contributed by atoms with Gasteiger partial charge in [-0.2, -0.15) is 9.61 Å². The van der Waals surface area contributed by atoms with E-state index in [1.165, 1.54) is 0 Å². The van der Waals surface area contributed by atoms with Gasteiger partial charge < -0.3 is 9.80 Å². The summed E-state index contributed by atoms with van der Waals surface area (Å²) in [6.45, 7) is 3.96. The fourth-order valence-electron chi connectivity index (χ4n) is 4.83. The summed E-state index contributed by atoms with van der Waals surface area (Å²) in [5, 5.41) is 4.57. The molecule has 8 heteroatoms. The topological polar surface area (TPSA) is 53.7 Å². The minimum atomic E-state index is -1.19. The Balaban J connectivity index is 1.57. The van der Waals surface area contributed by atoms with E-state index in [4.69, 9.17) is 0 Å². The molecule has 0 N–H and O–H groups in total. The molecule has 2 aliphatic heterocycles.